The maximum Gasteiger partial charge on any atom is 0.341 e. The van der Waals surface area contributed by atoms with Crippen molar-refractivity contribution < 1.29 is 28.7 Å². The molecule has 2 amide bonds. The fourth-order valence-corrected chi connectivity index (χ4v) is 3.96. The van der Waals surface area contributed by atoms with Crippen LogP contribution in [-0.2, 0) is 19.1 Å². The van der Waals surface area contributed by atoms with Gasteiger partial charge in [-0.2, -0.15) is 0 Å². The molecule has 1 aliphatic carbocycles. The number of hydrogen-bond acceptors (Lipinski definition) is 7. The third kappa shape index (κ3) is 5.19. The average Bonchev–Trinajstić information content (AvgIpc) is 3.02. The molecule has 2 N–H and O–H groups in total. The minimum atomic E-state index is -0.632. The van der Waals surface area contributed by atoms with Crippen LogP contribution in [0.3, 0.4) is 0 Å². The minimum Gasteiger partial charge on any atom is -0.462 e. The Bertz CT molecular complexity index is 799. The van der Waals surface area contributed by atoms with E-state index in [4.69, 9.17) is 9.47 Å². The lowest BCUT2D eigenvalue weighted by Gasteiger charge is -2.16. The molecular formula is C19H24N2O6S. The predicted molar refractivity (Wildman–Crippen MR) is 104 cm³/mol. The molecular weight excluding hydrogens is 384 g/mol. The van der Waals surface area contributed by atoms with Crippen molar-refractivity contribution in [3.05, 3.63) is 28.2 Å². The van der Waals surface area contributed by atoms with Gasteiger partial charge >= 0.3 is 11.9 Å². The first-order chi connectivity index (χ1) is 13.4. The molecule has 0 radical (unpaired) electrons. The maximum atomic E-state index is 12.3. The highest BCUT2D eigenvalue weighted by atomic mass is 32.1. The Kier molecular flexibility index (Phi) is 7.74. The molecule has 28 heavy (non-hydrogen) atoms. The van der Waals surface area contributed by atoms with Gasteiger partial charge in [-0.25, -0.2) is 4.79 Å². The van der Waals surface area contributed by atoms with E-state index in [1.54, 1.807) is 13.8 Å². The van der Waals surface area contributed by atoms with Crippen LogP contribution in [0.25, 0.3) is 0 Å². The quantitative estimate of drug-likeness (QED) is 0.530. The smallest absolute Gasteiger partial charge is 0.341 e. The van der Waals surface area contributed by atoms with Gasteiger partial charge in [-0.1, -0.05) is 12.2 Å². The van der Waals surface area contributed by atoms with Crippen LogP contribution < -0.4 is 10.6 Å². The summed E-state index contributed by atoms with van der Waals surface area (Å²) in [5.74, 6) is -2.25. The fourth-order valence-electron chi connectivity index (χ4n) is 2.81. The van der Waals surface area contributed by atoms with E-state index in [9.17, 15) is 19.2 Å². The summed E-state index contributed by atoms with van der Waals surface area (Å²) in [5, 5.41) is 5.24. The number of thiophene rings is 1. The largest absolute Gasteiger partial charge is 0.462 e. The van der Waals surface area contributed by atoms with E-state index < -0.39 is 24.5 Å². The molecule has 0 aromatic carbocycles. The third-order valence-electron chi connectivity index (χ3n) is 4.26. The molecule has 0 unspecified atom stereocenters. The Labute approximate surface area is 167 Å². The first-order valence-corrected chi connectivity index (χ1v) is 9.84. The first-order valence-electron chi connectivity index (χ1n) is 9.03. The standard InChI is InChI=1S/C19H24N2O6S/c1-4-26-19(25)14-11(2)15(16(23)20-3)28-17(14)21-13(22)10-27-18(24)12-8-6-5-7-9-12/h5-6,12H,4,7-10H2,1-3H3,(H,20,23)(H,21,22)/t12-/m0/s1. The van der Waals surface area contributed by atoms with Crippen molar-refractivity contribution in [2.75, 3.05) is 25.6 Å². The van der Waals surface area contributed by atoms with Crippen molar-refractivity contribution in [3.63, 3.8) is 0 Å². The van der Waals surface area contributed by atoms with Crippen molar-refractivity contribution in [1.82, 2.24) is 5.32 Å². The molecule has 1 aliphatic rings. The third-order valence-corrected chi connectivity index (χ3v) is 5.47. The number of anilines is 1. The Morgan fingerprint density at radius 1 is 1.21 bits per heavy atom. The van der Waals surface area contributed by atoms with Crippen LogP contribution in [-0.4, -0.2) is 44.0 Å². The van der Waals surface area contributed by atoms with E-state index in [0.717, 1.165) is 17.8 Å². The zero-order chi connectivity index (χ0) is 20.7. The van der Waals surface area contributed by atoms with Crippen LogP contribution in [0.1, 0.15) is 51.8 Å². The second-order valence-electron chi connectivity index (χ2n) is 6.20. The van der Waals surface area contributed by atoms with Gasteiger partial charge in [-0.15, -0.1) is 11.3 Å². The van der Waals surface area contributed by atoms with Crippen LogP contribution >= 0.6 is 11.3 Å². The number of esters is 2. The molecule has 1 aromatic rings. The van der Waals surface area contributed by atoms with Gasteiger partial charge in [0.05, 0.1) is 23.0 Å². The van der Waals surface area contributed by atoms with Gasteiger partial charge in [-0.3, -0.25) is 14.4 Å². The second-order valence-corrected chi connectivity index (χ2v) is 7.22. The molecule has 0 aliphatic heterocycles. The Morgan fingerprint density at radius 3 is 2.57 bits per heavy atom. The lowest BCUT2D eigenvalue weighted by Crippen LogP contribution is -2.25. The zero-order valence-electron chi connectivity index (χ0n) is 16.1. The normalized spacial score (nSPS) is 15.6. The van der Waals surface area contributed by atoms with Crippen molar-refractivity contribution in [3.8, 4) is 0 Å². The summed E-state index contributed by atoms with van der Waals surface area (Å²) in [6, 6.07) is 0. The van der Waals surface area contributed by atoms with Crippen molar-refractivity contribution in [1.29, 1.82) is 0 Å². The van der Waals surface area contributed by atoms with Gasteiger partial charge < -0.3 is 20.1 Å². The molecule has 152 valence electrons. The van der Waals surface area contributed by atoms with Crippen molar-refractivity contribution >= 4 is 40.1 Å². The molecule has 0 fully saturated rings. The van der Waals surface area contributed by atoms with E-state index in [0.29, 0.717) is 23.3 Å². The number of amides is 2. The molecule has 0 bridgehead atoms. The van der Waals surface area contributed by atoms with E-state index in [2.05, 4.69) is 10.6 Å². The summed E-state index contributed by atoms with van der Waals surface area (Å²) in [5.41, 5.74) is 0.548. The first kappa shape index (κ1) is 21.6. The van der Waals surface area contributed by atoms with E-state index >= 15 is 0 Å². The van der Waals surface area contributed by atoms with Crippen LogP contribution in [0.5, 0.6) is 0 Å². The van der Waals surface area contributed by atoms with Gasteiger partial charge in [0.15, 0.2) is 6.61 Å². The highest BCUT2D eigenvalue weighted by Crippen LogP contribution is 2.33. The van der Waals surface area contributed by atoms with Gasteiger partial charge in [-0.05, 0) is 38.7 Å². The Morgan fingerprint density at radius 2 is 1.96 bits per heavy atom. The van der Waals surface area contributed by atoms with Crippen LogP contribution in [0.2, 0.25) is 0 Å². The van der Waals surface area contributed by atoms with E-state index in [-0.39, 0.29) is 29.0 Å². The monoisotopic (exact) mass is 408 g/mol. The summed E-state index contributed by atoms with van der Waals surface area (Å²) in [7, 11) is 1.48. The molecule has 9 heteroatoms. The molecule has 1 heterocycles. The molecule has 1 aromatic heterocycles. The van der Waals surface area contributed by atoms with Gasteiger partial charge in [0.1, 0.15) is 5.00 Å². The predicted octanol–water partition coefficient (Wildman–Crippen LogP) is 2.43. The van der Waals surface area contributed by atoms with E-state index in [1.807, 2.05) is 12.2 Å². The van der Waals surface area contributed by atoms with Crippen LogP contribution in [0.4, 0.5) is 5.00 Å². The lowest BCUT2D eigenvalue weighted by atomic mass is 9.95. The van der Waals surface area contributed by atoms with Gasteiger partial charge in [0.25, 0.3) is 11.8 Å². The fraction of sp³-hybridized carbons (Fsp3) is 0.474. The topological polar surface area (TPSA) is 111 Å². The summed E-state index contributed by atoms with van der Waals surface area (Å²) in [6.07, 6.45) is 6.05. The summed E-state index contributed by atoms with van der Waals surface area (Å²) >= 11 is 0.969. The Hall–Kier alpha value is -2.68. The second kappa shape index (κ2) is 10.0. The summed E-state index contributed by atoms with van der Waals surface area (Å²) in [6.45, 7) is 2.97. The number of hydrogen-bond donors (Lipinski definition) is 2. The molecule has 0 saturated carbocycles. The summed E-state index contributed by atoms with van der Waals surface area (Å²) < 4.78 is 10.1. The Balaban J connectivity index is 2.09. The SMILES string of the molecule is CCOC(=O)c1c(NC(=O)COC(=O)[C@H]2CC=CCC2)sc(C(=O)NC)c1C. The van der Waals surface area contributed by atoms with Crippen molar-refractivity contribution in [2.45, 2.75) is 33.1 Å². The summed E-state index contributed by atoms with van der Waals surface area (Å²) in [4.78, 5) is 48.9. The minimum absolute atomic E-state index is 0.127. The molecule has 0 saturated heterocycles. The molecule has 8 nitrogen and oxygen atoms in total. The van der Waals surface area contributed by atoms with Gasteiger partial charge in [0.2, 0.25) is 0 Å². The highest BCUT2D eigenvalue weighted by Gasteiger charge is 2.27. The average molecular weight is 408 g/mol. The number of allylic oxidation sites excluding steroid dienone is 2. The number of rotatable bonds is 7. The van der Waals surface area contributed by atoms with Crippen LogP contribution in [0, 0.1) is 12.8 Å². The number of carbonyl (C=O) groups is 4. The van der Waals surface area contributed by atoms with Crippen molar-refractivity contribution in [2.24, 2.45) is 5.92 Å². The zero-order valence-corrected chi connectivity index (χ0v) is 16.9. The molecule has 1 atom stereocenters. The number of nitrogens with one attached hydrogen (secondary N) is 2. The maximum absolute atomic E-state index is 12.3. The van der Waals surface area contributed by atoms with E-state index in [1.165, 1.54) is 7.05 Å². The lowest BCUT2D eigenvalue weighted by molar-refractivity contribution is -0.151. The highest BCUT2D eigenvalue weighted by molar-refractivity contribution is 7.18. The molecule has 2 rings (SSSR count). The van der Waals surface area contributed by atoms with Crippen LogP contribution in [0.15, 0.2) is 12.2 Å². The molecule has 0 spiro atoms. The number of carbonyl (C=O) groups excluding carboxylic acids is 4. The van der Waals surface area contributed by atoms with Gasteiger partial charge in [0, 0.05) is 7.05 Å². The number of ether oxygens (including phenoxy) is 2.